The minimum absolute atomic E-state index is 0.0290. The standard InChI is InChI=1S/C17H17ClN2O2/c1-17(2)9-19-16-13(7-8-14(21)20(16)10-17)15(22)11-3-5-12(18)6-4-11/h3-8,19H,9-10H2,1-2H3. The van der Waals surface area contributed by atoms with Crippen molar-refractivity contribution in [2.75, 3.05) is 11.9 Å². The lowest BCUT2D eigenvalue weighted by Gasteiger charge is -2.34. The highest BCUT2D eigenvalue weighted by molar-refractivity contribution is 6.30. The summed E-state index contributed by atoms with van der Waals surface area (Å²) in [7, 11) is 0. The van der Waals surface area contributed by atoms with Crippen LogP contribution in [0.3, 0.4) is 0 Å². The van der Waals surface area contributed by atoms with Gasteiger partial charge in [0.05, 0.1) is 5.56 Å². The Labute approximate surface area is 133 Å². The van der Waals surface area contributed by atoms with Crippen LogP contribution in [0.15, 0.2) is 41.2 Å². The molecule has 4 nitrogen and oxygen atoms in total. The lowest BCUT2D eigenvalue weighted by molar-refractivity contribution is 0.103. The monoisotopic (exact) mass is 316 g/mol. The molecule has 0 atom stereocenters. The maximum atomic E-state index is 12.7. The molecular formula is C17H17ClN2O2. The van der Waals surface area contributed by atoms with E-state index in [-0.39, 0.29) is 16.8 Å². The van der Waals surface area contributed by atoms with Crippen molar-refractivity contribution in [2.45, 2.75) is 20.4 Å². The highest BCUT2D eigenvalue weighted by Crippen LogP contribution is 2.28. The third-order valence-electron chi connectivity index (χ3n) is 3.86. The molecule has 22 heavy (non-hydrogen) atoms. The van der Waals surface area contributed by atoms with Crippen molar-refractivity contribution in [2.24, 2.45) is 5.41 Å². The van der Waals surface area contributed by atoms with E-state index in [1.54, 1.807) is 34.9 Å². The van der Waals surface area contributed by atoms with E-state index in [9.17, 15) is 9.59 Å². The lowest BCUT2D eigenvalue weighted by Crippen LogP contribution is -2.40. The molecule has 2 aromatic rings. The second kappa shape index (κ2) is 5.29. The summed E-state index contributed by atoms with van der Waals surface area (Å²) in [6, 6.07) is 9.81. The number of fused-ring (bicyclic) bond motifs is 1. The van der Waals surface area contributed by atoms with Crippen molar-refractivity contribution in [1.29, 1.82) is 0 Å². The molecule has 0 bridgehead atoms. The van der Waals surface area contributed by atoms with E-state index < -0.39 is 0 Å². The molecule has 1 N–H and O–H groups in total. The number of halogens is 1. The molecule has 0 aliphatic carbocycles. The van der Waals surface area contributed by atoms with Crippen LogP contribution in [0, 0.1) is 5.41 Å². The highest BCUT2D eigenvalue weighted by atomic mass is 35.5. The van der Waals surface area contributed by atoms with E-state index in [1.165, 1.54) is 6.07 Å². The molecule has 1 aliphatic heterocycles. The molecule has 1 aliphatic rings. The van der Waals surface area contributed by atoms with E-state index >= 15 is 0 Å². The quantitative estimate of drug-likeness (QED) is 0.866. The van der Waals surface area contributed by atoms with Crippen LogP contribution in [0.1, 0.15) is 29.8 Å². The summed E-state index contributed by atoms with van der Waals surface area (Å²) < 4.78 is 1.65. The number of anilines is 1. The van der Waals surface area contributed by atoms with Gasteiger partial charge in [-0.05, 0) is 30.3 Å². The van der Waals surface area contributed by atoms with Gasteiger partial charge in [0, 0.05) is 35.2 Å². The Morgan fingerprint density at radius 2 is 1.86 bits per heavy atom. The summed E-state index contributed by atoms with van der Waals surface area (Å²) in [4.78, 5) is 24.8. The van der Waals surface area contributed by atoms with Gasteiger partial charge < -0.3 is 5.32 Å². The van der Waals surface area contributed by atoms with Crippen LogP contribution in [-0.2, 0) is 6.54 Å². The molecule has 3 rings (SSSR count). The number of nitrogens with zero attached hydrogens (tertiary/aromatic N) is 1. The Kier molecular flexibility index (Phi) is 3.57. The molecule has 1 aromatic heterocycles. The zero-order valence-electron chi connectivity index (χ0n) is 12.5. The second-order valence-corrected chi connectivity index (χ2v) is 6.81. The van der Waals surface area contributed by atoms with Crippen LogP contribution in [0.4, 0.5) is 5.82 Å². The van der Waals surface area contributed by atoms with Crippen LogP contribution in [0.5, 0.6) is 0 Å². The first kappa shape index (κ1) is 14.9. The molecule has 2 heterocycles. The Bertz CT molecular complexity index is 791. The Balaban J connectivity index is 2.07. The van der Waals surface area contributed by atoms with Crippen molar-refractivity contribution < 1.29 is 4.79 Å². The van der Waals surface area contributed by atoms with Crippen LogP contribution >= 0.6 is 11.6 Å². The fourth-order valence-electron chi connectivity index (χ4n) is 2.67. The summed E-state index contributed by atoms with van der Waals surface area (Å²) in [5.41, 5.74) is 0.941. The number of pyridine rings is 1. The van der Waals surface area contributed by atoms with Crippen molar-refractivity contribution in [3.05, 3.63) is 62.9 Å². The number of nitrogens with one attached hydrogen (secondary N) is 1. The number of carbonyl (C=O) groups excluding carboxylic acids is 1. The normalized spacial score (nSPS) is 15.8. The molecule has 0 radical (unpaired) electrons. The minimum atomic E-state index is -0.118. The van der Waals surface area contributed by atoms with Crippen molar-refractivity contribution in [3.63, 3.8) is 0 Å². The first-order chi connectivity index (χ1) is 10.4. The topological polar surface area (TPSA) is 51.1 Å². The smallest absolute Gasteiger partial charge is 0.252 e. The Hall–Kier alpha value is -2.07. The van der Waals surface area contributed by atoms with Gasteiger partial charge in [0.25, 0.3) is 5.56 Å². The number of benzene rings is 1. The fraction of sp³-hybridized carbons (Fsp3) is 0.294. The molecule has 0 saturated carbocycles. The second-order valence-electron chi connectivity index (χ2n) is 6.37. The SMILES string of the molecule is CC1(C)CNc2c(C(=O)c3ccc(Cl)cc3)ccc(=O)n2C1. The summed E-state index contributed by atoms with van der Waals surface area (Å²) in [6.07, 6.45) is 0. The maximum absolute atomic E-state index is 12.7. The molecule has 5 heteroatoms. The molecule has 1 aromatic carbocycles. The number of rotatable bonds is 2. The number of ketones is 1. The van der Waals surface area contributed by atoms with Gasteiger partial charge in [0.1, 0.15) is 5.82 Å². The number of aromatic nitrogens is 1. The van der Waals surface area contributed by atoms with Gasteiger partial charge in [-0.1, -0.05) is 25.4 Å². The van der Waals surface area contributed by atoms with Gasteiger partial charge >= 0.3 is 0 Å². The third-order valence-corrected chi connectivity index (χ3v) is 4.11. The van der Waals surface area contributed by atoms with Crippen molar-refractivity contribution in [1.82, 2.24) is 4.57 Å². The first-order valence-electron chi connectivity index (χ1n) is 7.15. The molecule has 0 saturated heterocycles. The van der Waals surface area contributed by atoms with Gasteiger partial charge in [-0.3, -0.25) is 14.2 Å². The molecule has 0 amide bonds. The van der Waals surface area contributed by atoms with Gasteiger partial charge in [-0.25, -0.2) is 0 Å². The predicted molar refractivity (Wildman–Crippen MR) is 87.9 cm³/mol. The zero-order chi connectivity index (χ0) is 15.9. The van der Waals surface area contributed by atoms with Gasteiger partial charge in [0.2, 0.25) is 0 Å². The van der Waals surface area contributed by atoms with Crippen LogP contribution in [0.25, 0.3) is 0 Å². The van der Waals surface area contributed by atoms with Crippen molar-refractivity contribution >= 4 is 23.2 Å². The molecule has 0 spiro atoms. The number of hydrogen-bond acceptors (Lipinski definition) is 3. The van der Waals surface area contributed by atoms with Crippen molar-refractivity contribution in [3.8, 4) is 0 Å². The van der Waals surface area contributed by atoms with Crippen LogP contribution in [-0.4, -0.2) is 16.9 Å². The van der Waals surface area contributed by atoms with E-state index in [2.05, 4.69) is 19.2 Å². The average Bonchev–Trinajstić information content (AvgIpc) is 2.48. The van der Waals surface area contributed by atoms with Crippen LogP contribution in [0.2, 0.25) is 5.02 Å². The van der Waals surface area contributed by atoms with E-state index in [1.807, 2.05) is 0 Å². The molecular weight excluding hydrogens is 300 g/mol. The maximum Gasteiger partial charge on any atom is 0.252 e. The van der Waals surface area contributed by atoms with Gasteiger partial charge in [-0.15, -0.1) is 0 Å². The number of hydrogen-bond donors (Lipinski definition) is 1. The average molecular weight is 317 g/mol. The number of carbonyl (C=O) groups is 1. The van der Waals surface area contributed by atoms with E-state index in [0.717, 1.165) is 6.54 Å². The zero-order valence-corrected chi connectivity index (χ0v) is 13.3. The molecule has 0 fully saturated rings. The molecule has 114 valence electrons. The first-order valence-corrected chi connectivity index (χ1v) is 7.53. The molecule has 0 unspecified atom stereocenters. The van der Waals surface area contributed by atoms with Gasteiger partial charge in [0.15, 0.2) is 5.78 Å². The summed E-state index contributed by atoms with van der Waals surface area (Å²) >= 11 is 5.86. The summed E-state index contributed by atoms with van der Waals surface area (Å²) in [5.74, 6) is 0.486. The van der Waals surface area contributed by atoms with Gasteiger partial charge in [-0.2, -0.15) is 0 Å². The summed E-state index contributed by atoms with van der Waals surface area (Å²) in [6.45, 7) is 5.49. The van der Waals surface area contributed by atoms with E-state index in [4.69, 9.17) is 11.6 Å². The predicted octanol–water partition coefficient (Wildman–Crippen LogP) is 3.18. The minimum Gasteiger partial charge on any atom is -0.370 e. The highest BCUT2D eigenvalue weighted by Gasteiger charge is 2.28. The Morgan fingerprint density at radius 1 is 1.18 bits per heavy atom. The summed E-state index contributed by atoms with van der Waals surface area (Å²) in [5, 5.41) is 3.83. The Morgan fingerprint density at radius 3 is 2.55 bits per heavy atom. The lowest BCUT2D eigenvalue weighted by atomic mass is 9.91. The van der Waals surface area contributed by atoms with Crippen LogP contribution < -0.4 is 10.9 Å². The van der Waals surface area contributed by atoms with E-state index in [0.29, 0.717) is 28.5 Å². The fourth-order valence-corrected chi connectivity index (χ4v) is 2.80. The third kappa shape index (κ3) is 2.66. The largest absolute Gasteiger partial charge is 0.370 e.